The van der Waals surface area contributed by atoms with Crippen molar-refractivity contribution in [2.75, 3.05) is 25.0 Å². The van der Waals surface area contributed by atoms with Gasteiger partial charge in [0.15, 0.2) is 0 Å². The number of ether oxygens (including phenoxy) is 1. The molecule has 4 heteroatoms. The van der Waals surface area contributed by atoms with Gasteiger partial charge in [-0.1, -0.05) is 25.6 Å². The van der Waals surface area contributed by atoms with Crippen LogP contribution in [0.3, 0.4) is 0 Å². The van der Waals surface area contributed by atoms with Crippen molar-refractivity contribution in [3.05, 3.63) is 36.9 Å². The van der Waals surface area contributed by atoms with Crippen molar-refractivity contribution in [3.63, 3.8) is 0 Å². The number of anilines is 1. The molecule has 1 aliphatic rings. The van der Waals surface area contributed by atoms with Crippen molar-refractivity contribution < 1.29 is 9.53 Å². The third kappa shape index (κ3) is 3.58. The van der Waals surface area contributed by atoms with E-state index in [1.54, 1.807) is 6.08 Å². The summed E-state index contributed by atoms with van der Waals surface area (Å²) in [5.41, 5.74) is 0.769. The zero-order valence-corrected chi connectivity index (χ0v) is 11.2. The summed E-state index contributed by atoms with van der Waals surface area (Å²) in [5, 5.41) is 6.12. The van der Waals surface area contributed by atoms with E-state index in [1.807, 2.05) is 31.2 Å². The predicted molar refractivity (Wildman–Crippen MR) is 76.3 cm³/mol. The fraction of sp³-hybridized carbons (Fsp3) is 0.400. The van der Waals surface area contributed by atoms with Crippen LogP contribution in [0, 0.1) is 11.8 Å². The smallest absolute Gasteiger partial charge is 0.227 e. The minimum Gasteiger partial charge on any atom is -0.489 e. The van der Waals surface area contributed by atoms with E-state index < -0.39 is 0 Å². The van der Waals surface area contributed by atoms with Crippen molar-refractivity contribution >= 4 is 11.6 Å². The average molecular weight is 260 g/mol. The number of hydrogen-bond acceptors (Lipinski definition) is 3. The molecule has 1 aromatic rings. The highest BCUT2D eigenvalue weighted by molar-refractivity contribution is 5.92. The summed E-state index contributed by atoms with van der Waals surface area (Å²) in [5.74, 6) is 1.27. The number of rotatable bonds is 6. The number of hydrogen-bond donors (Lipinski definition) is 2. The first kappa shape index (κ1) is 13.6. The first-order valence-electron chi connectivity index (χ1n) is 6.56. The van der Waals surface area contributed by atoms with E-state index in [0.29, 0.717) is 12.5 Å². The molecule has 1 aliphatic heterocycles. The highest BCUT2D eigenvalue weighted by atomic mass is 16.5. The van der Waals surface area contributed by atoms with Gasteiger partial charge in [0.1, 0.15) is 12.4 Å². The molecule has 1 amide bonds. The lowest BCUT2D eigenvalue weighted by Gasteiger charge is -2.31. The van der Waals surface area contributed by atoms with E-state index in [2.05, 4.69) is 17.2 Å². The Bertz CT molecular complexity index is 455. The van der Waals surface area contributed by atoms with Gasteiger partial charge in [-0.25, -0.2) is 0 Å². The molecule has 0 spiro atoms. The molecule has 4 nitrogen and oxygen atoms in total. The Morgan fingerprint density at radius 3 is 3.05 bits per heavy atom. The Kier molecular flexibility index (Phi) is 4.58. The first-order valence-corrected chi connectivity index (χ1v) is 6.56. The summed E-state index contributed by atoms with van der Waals surface area (Å²) in [7, 11) is 0. The lowest BCUT2D eigenvalue weighted by Crippen LogP contribution is -2.48. The molecule has 1 heterocycles. The van der Waals surface area contributed by atoms with Gasteiger partial charge in [0.2, 0.25) is 5.91 Å². The second kappa shape index (κ2) is 6.38. The van der Waals surface area contributed by atoms with Gasteiger partial charge in [0, 0.05) is 17.7 Å². The predicted octanol–water partition coefficient (Wildman–Crippen LogP) is 2.05. The van der Waals surface area contributed by atoms with Crippen LogP contribution in [0.1, 0.15) is 6.92 Å². The Morgan fingerprint density at radius 1 is 1.63 bits per heavy atom. The van der Waals surface area contributed by atoms with Crippen LogP contribution >= 0.6 is 0 Å². The summed E-state index contributed by atoms with van der Waals surface area (Å²) in [6.45, 7) is 7.89. The SMILES string of the molecule is C=CCOc1cccc(NC(=O)C(C)C2CNC2)c1. The van der Waals surface area contributed by atoms with Gasteiger partial charge in [0.05, 0.1) is 0 Å². The average Bonchev–Trinajstić information content (AvgIpc) is 2.34. The largest absolute Gasteiger partial charge is 0.489 e. The molecule has 2 rings (SSSR count). The molecule has 1 fully saturated rings. The fourth-order valence-corrected chi connectivity index (χ4v) is 1.95. The maximum Gasteiger partial charge on any atom is 0.227 e. The molecular weight excluding hydrogens is 240 g/mol. The Morgan fingerprint density at radius 2 is 2.42 bits per heavy atom. The second-order valence-corrected chi connectivity index (χ2v) is 4.82. The van der Waals surface area contributed by atoms with E-state index in [9.17, 15) is 4.79 Å². The number of amides is 1. The number of carbonyl (C=O) groups excluding carboxylic acids is 1. The Balaban J connectivity index is 1.93. The normalized spacial score (nSPS) is 16.3. The van der Waals surface area contributed by atoms with Crippen molar-refractivity contribution in [1.82, 2.24) is 5.32 Å². The monoisotopic (exact) mass is 260 g/mol. The number of benzene rings is 1. The van der Waals surface area contributed by atoms with E-state index in [-0.39, 0.29) is 11.8 Å². The molecule has 0 saturated carbocycles. The fourth-order valence-electron chi connectivity index (χ4n) is 1.95. The standard InChI is InChI=1S/C15H20N2O2/c1-3-7-19-14-6-4-5-13(8-14)17-15(18)11(2)12-9-16-10-12/h3-6,8,11-12,16H,1,7,9-10H2,2H3,(H,17,18). The number of carbonyl (C=O) groups is 1. The van der Waals surface area contributed by atoms with Crippen LogP contribution in [0.4, 0.5) is 5.69 Å². The molecule has 0 radical (unpaired) electrons. The van der Waals surface area contributed by atoms with E-state index in [0.717, 1.165) is 24.5 Å². The molecule has 19 heavy (non-hydrogen) atoms. The van der Waals surface area contributed by atoms with Gasteiger partial charge in [-0.05, 0) is 31.1 Å². The van der Waals surface area contributed by atoms with Crippen LogP contribution < -0.4 is 15.4 Å². The van der Waals surface area contributed by atoms with Crippen molar-refractivity contribution in [2.24, 2.45) is 11.8 Å². The summed E-state index contributed by atoms with van der Waals surface area (Å²) in [4.78, 5) is 12.1. The van der Waals surface area contributed by atoms with Gasteiger partial charge in [0.25, 0.3) is 0 Å². The highest BCUT2D eigenvalue weighted by Crippen LogP contribution is 2.21. The van der Waals surface area contributed by atoms with Crippen LogP contribution in [0.2, 0.25) is 0 Å². The van der Waals surface area contributed by atoms with Crippen LogP contribution in [-0.4, -0.2) is 25.6 Å². The molecule has 102 valence electrons. The van der Waals surface area contributed by atoms with Crippen LogP contribution in [0.5, 0.6) is 5.75 Å². The summed E-state index contributed by atoms with van der Waals surface area (Å²) in [6, 6.07) is 7.42. The molecule has 1 saturated heterocycles. The zero-order valence-electron chi connectivity index (χ0n) is 11.2. The minimum absolute atomic E-state index is 0.0269. The number of nitrogens with one attached hydrogen (secondary N) is 2. The van der Waals surface area contributed by atoms with Crippen molar-refractivity contribution in [2.45, 2.75) is 6.92 Å². The molecule has 0 bridgehead atoms. The quantitative estimate of drug-likeness (QED) is 0.770. The minimum atomic E-state index is 0.0269. The maximum atomic E-state index is 12.1. The first-order chi connectivity index (χ1) is 9.20. The molecule has 2 N–H and O–H groups in total. The topological polar surface area (TPSA) is 50.4 Å². The lowest BCUT2D eigenvalue weighted by molar-refractivity contribution is -0.121. The van der Waals surface area contributed by atoms with Gasteiger partial charge < -0.3 is 15.4 Å². The van der Waals surface area contributed by atoms with Crippen LogP contribution in [-0.2, 0) is 4.79 Å². The lowest BCUT2D eigenvalue weighted by atomic mass is 9.88. The third-order valence-electron chi connectivity index (χ3n) is 3.40. The van der Waals surface area contributed by atoms with E-state index in [4.69, 9.17) is 4.74 Å². The molecule has 0 aliphatic carbocycles. The summed E-state index contributed by atoms with van der Waals surface area (Å²) >= 11 is 0. The van der Waals surface area contributed by atoms with E-state index >= 15 is 0 Å². The Labute approximate surface area is 113 Å². The Hall–Kier alpha value is -1.81. The summed E-state index contributed by atoms with van der Waals surface area (Å²) in [6.07, 6.45) is 1.69. The van der Waals surface area contributed by atoms with Gasteiger partial charge in [-0.3, -0.25) is 4.79 Å². The highest BCUT2D eigenvalue weighted by Gasteiger charge is 2.28. The maximum absolute atomic E-state index is 12.1. The molecule has 1 atom stereocenters. The molecular formula is C15H20N2O2. The van der Waals surface area contributed by atoms with Gasteiger partial charge in [-0.15, -0.1) is 0 Å². The van der Waals surface area contributed by atoms with Gasteiger partial charge in [-0.2, -0.15) is 0 Å². The third-order valence-corrected chi connectivity index (χ3v) is 3.40. The second-order valence-electron chi connectivity index (χ2n) is 4.82. The molecule has 1 aromatic carbocycles. The summed E-state index contributed by atoms with van der Waals surface area (Å²) < 4.78 is 5.44. The zero-order chi connectivity index (χ0) is 13.7. The molecule has 0 aromatic heterocycles. The molecule has 1 unspecified atom stereocenters. The van der Waals surface area contributed by atoms with Gasteiger partial charge >= 0.3 is 0 Å². The van der Waals surface area contributed by atoms with Crippen molar-refractivity contribution in [3.8, 4) is 5.75 Å². The van der Waals surface area contributed by atoms with Crippen LogP contribution in [0.15, 0.2) is 36.9 Å². The van der Waals surface area contributed by atoms with E-state index in [1.165, 1.54) is 0 Å². The van der Waals surface area contributed by atoms with Crippen LogP contribution in [0.25, 0.3) is 0 Å². The van der Waals surface area contributed by atoms with Crippen molar-refractivity contribution in [1.29, 1.82) is 0 Å².